The van der Waals surface area contributed by atoms with Crippen molar-refractivity contribution in [2.24, 2.45) is 0 Å². The zero-order valence-corrected chi connectivity index (χ0v) is 20.6. The molecule has 0 spiro atoms. The van der Waals surface area contributed by atoms with Gasteiger partial charge >= 0.3 is 12.1 Å². The number of aliphatic hydroxyl groups is 1. The third-order valence-corrected chi connectivity index (χ3v) is 7.21. The van der Waals surface area contributed by atoms with E-state index in [1.54, 1.807) is 0 Å². The Kier molecular flexibility index (Phi) is 9.66. The Labute approximate surface area is 211 Å². The number of halogens is 3. The van der Waals surface area contributed by atoms with E-state index in [9.17, 15) is 36.3 Å². The molecule has 1 atom stereocenters. The van der Waals surface area contributed by atoms with Gasteiger partial charge in [0, 0.05) is 24.3 Å². The van der Waals surface area contributed by atoms with Gasteiger partial charge in [-0.2, -0.15) is 18.4 Å². The van der Waals surface area contributed by atoms with Gasteiger partial charge in [0.1, 0.15) is 0 Å². The van der Waals surface area contributed by atoms with Gasteiger partial charge < -0.3 is 20.8 Å². The van der Waals surface area contributed by atoms with Gasteiger partial charge in [-0.1, -0.05) is 6.42 Å². The maximum absolute atomic E-state index is 13.2. The number of aliphatic carboxylic acids is 1. The van der Waals surface area contributed by atoms with Gasteiger partial charge in [-0.05, 0) is 62.2 Å². The van der Waals surface area contributed by atoms with Crippen LogP contribution >= 0.6 is 0 Å². The van der Waals surface area contributed by atoms with Gasteiger partial charge in [-0.3, -0.25) is 9.59 Å². The van der Waals surface area contributed by atoms with Gasteiger partial charge in [0.25, 0.3) is 5.91 Å². The molecule has 0 fully saturated rings. The fourth-order valence-corrected chi connectivity index (χ4v) is 4.92. The normalized spacial score (nSPS) is 13.3. The van der Waals surface area contributed by atoms with Crippen molar-refractivity contribution >= 4 is 33.1 Å². The molecule has 0 saturated heterocycles. The fraction of sp³-hybridized carbons (Fsp3) is 0.375. The molecule has 2 aromatic rings. The van der Waals surface area contributed by atoms with Crippen molar-refractivity contribution in [1.82, 2.24) is 0 Å². The Bertz CT molecular complexity index is 1270. The molecule has 0 bridgehead atoms. The molecular weight excluding hydrogens is 515 g/mol. The van der Waals surface area contributed by atoms with Crippen LogP contribution in [-0.4, -0.2) is 48.4 Å². The number of carbonyl (C=O) groups is 2. The topological polar surface area (TPSA) is 157 Å². The lowest BCUT2D eigenvalue weighted by atomic mass is 10.1. The second-order valence-corrected chi connectivity index (χ2v) is 10.5. The second kappa shape index (κ2) is 12.1. The summed E-state index contributed by atoms with van der Waals surface area (Å²) in [6.07, 6.45) is -2.79. The SMILES string of the molecule is C[C@@](O)(CS(=O)(=O)c1ccc(NCCCCCC(=O)O)cc1)C(=O)Nc1ccc(C#N)c(C(F)(F)F)c1. The number of hydrogen-bond acceptors (Lipinski definition) is 7. The van der Waals surface area contributed by atoms with E-state index in [-0.39, 0.29) is 17.0 Å². The van der Waals surface area contributed by atoms with Crippen LogP contribution in [0.2, 0.25) is 0 Å². The fourth-order valence-electron chi connectivity index (χ4n) is 3.33. The molecule has 9 nitrogen and oxygen atoms in total. The monoisotopic (exact) mass is 541 g/mol. The largest absolute Gasteiger partial charge is 0.481 e. The summed E-state index contributed by atoms with van der Waals surface area (Å²) in [5.74, 6) is -3.13. The molecule has 37 heavy (non-hydrogen) atoms. The molecule has 2 rings (SSSR count). The first-order chi connectivity index (χ1) is 17.2. The van der Waals surface area contributed by atoms with Gasteiger partial charge in [0.15, 0.2) is 15.4 Å². The number of alkyl halides is 3. The molecule has 200 valence electrons. The number of carboxylic acids is 1. The van der Waals surface area contributed by atoms with E-state index in [1.165, 1.54) is 30.3 Å². The lowest BCUT2D eigenvalue weighted by Gasteiger charge is -2.22. The van der Waals surface area contributed by atoms with Crippen LogP contribution in [0.5, 0.6) is 0 Å². The summed E-state index contributed by atoms with van der Waals surface area (Å²) in [5, 5.41) is 33.1. The maximum atomic E-state index is 13.2. The highest BCUT2D eigenvalue weighted by Crippen LogP contribution is 2.33. The van der Waals surface area contributed by atoms with Crippen LogP contribution in [-0.2, 0) is 25.6 Å². The molecule has 0 aromatic heterocycles. The Morgan fingerprint density at radius 1 is 1.03 bits per heavy atom. The highest BCUT2D eigenvalue weighted by atomic mass is 32.2. The number of anilines is 2. The number of unbranched alkanes of at least 4 members (excludes halogenated alkanes) is 2. The predicted molar refractivity (Wildman–Crippen MR) is 129 cm³/mol. The van der Waals surface area contributed by atoms with Crippen molar-refractivity contribution in [2.45, 2.75) is 49.3 Å². The molecule has 0 unspecified atom stereocenters. The van der Waals surface area contributed by atoms with Crippen molar-refractivity contribution in [2.75, 3.05) is 22.9 Å². The number of benzene rings is 2. The van der Waals surface area contributed by atoms with E-state index in [1.807, 2.05) is 0 Å². The molecule has 0 aliphatic heterocycles. The third-order valence-electron chi connectivity index (χ3n) is 5.27. The summed E-state index contributed by atoms with van der Waals surface area (Å²) in [6, 6.07) is 9.38. The van der Waals surface area contributed by atoms with Gasteiger partial charge in [0.05, 0.1) is 27.8 Å². The first-order valence-electron chi connectivity index (χ1n) is 11.1. The summed E-state index contributed by atoms with van der Waals surface area (Å²) in [4.78, 5) is 22.8. The van der Waals surface area contributed by atoms with Crippen molar-refractivity contribution in [1.29, 1.82) is 5.26 Å². The molecule has 0 heterocycles. The smallest absolute Gasteiger partial charge is 0.417 e. The van der Waals surface area contributed by atoms with Crippen LogP contribution in [0.4, 0.5) is 24.5 Å². The molecule has 0 radical (unpaired) electrons. The third kappa shape index (κ3) is 8.76. The highest BCUT2D eigenvalue weighted by Gasteiger charge is 2.38. The average Bonchev–Trinajstić information content (AvgIpc) is 2.80. The van der Waals surface area contributed by atoms with Gasteiger partial charge in [-0.15, -0.1) is 0 Å². The summed E-state index contributed by atoms with van der Waals surface area (Å²) in [6.45, 7) is 1.47. The molecule has 1 amide bonds. The van der Waals surface area contributed by atoms with E-state index in [0.29, 0.717) is 31.1 Å². The number of carboxylic acid groups (broad SMARTS) is 1. The quantitative estimate of drug-likeness (QED) is 0.296. The van der Waals surface area contributed by atoms with Gasteiger partial charge in [-0.25, -0.2) is 8.42 Å². The van der Waals surface area contributed by atoms with E-state index < -0.39 is 50.4 Å². The van der Waals surface area contributed by atoms with Gasteiger partial charge in [0.2, 0.25) is 0 Å². The maximum Gasteiger partial charge on any atom is 0.417 e. The highest BCUT2D eigenvalue weighted by molar-refractivity contribution is 7.91. The zero-order valence-electron chi connectivity index (χ0n) is 19.8. The number of nitriles is 1. The van der Waals surface area contributed by atoms with Crippen LogP contribution in [0.15, 0.2) is 47.4 Å². The Balaban J connectivity index is 2.02. The summed E-state index contributed by atoms with van der Waals surface area (Å²) in [7, 11) is -4.17. The van der Waals surface area contributed by atoms with E-state index in [0.717, 1.165) is 25.5 Å². The number of rotatable bonds is 12. The van der Waals surface area contributed by atoms with Crippen molar-refractivity contribution in [3.63, 3.8) is 0 Å². The predicted octanol–water partition coefficient (Wildman–Crippen LogP) is 3.80. The Morgan fingerprint density at radius 3 is 2.22 bits per heavy atom. The number of carbonyl (C=O) groups excluding carboxylic acids is 1. The number of nitrogens with one attached hydrogen (secondary N) is 2. The Morgan fingerprint density at radius 2 is 1.65 bits per heavy atom. The molecule has 0 saturated carbocycles. The number of nitrogens with zero attached hydrogens (tertiary/aromatic N) is 1. The summed E-state index contributed by atoms with van der Waals surface area (Å²) < 4.78 is 65.0. The van der Waals surface area contributed by atoms with E-state index in [2.05, 4.69) is 10.6 Å². The first-order valence-corrected chi connectivity index (χ1v) is 12.7. The second-order valence-electron chi connectivity index (χ2n) is 8.51. The van der Waals surface area contributed by atoms with Crippen LogP contribution in [0.3, 0.4) is 0 Å². The summed E-state index contributed by atoms with van der Waals surface area (Å²) >= 11 is 0. The van der Waals surface area contributed by atoms with E-state index >= 15 is 0 Å². The standard InChI is InChI=1S/C24H26F3N3O6S/c1-23(34,22(33)30-18-7-6-16(14-28)20(13-18)24(25,26)27)15-37(35,36)19-10-8-17(9-11-19)29-12-4-2-3-5-21(31)32/h6-11,13,29,34H,2-5,12,15H2,1H3,(H,30,33)(H,31,32)/t23-/m1/s1. The molecule has 4 N–H and O–H groups in total. The molecule has 2 aromatic carbocycles. The minimum absolute atomic E-state index is 0.0937. The Hall–Kier alpha value is -3.63. The molecule has 0 aliphatic carbocycles. The lowest BCUT2D eigenvalue weighted by molar-refractivity contribution is -0.138. The van der Waals surface area contributed by atoms with Crippen molar-refractivity contribution in [3.05, 3.63) is 53.6 Å². The average molecular weight is 542 g/mol. The minimum Gasteiger partial charge on any atom is -0.481 e. The molecule has 0 aliphatic rings. The minimum atomic E-state index is -4.86. The number of hydrogen-bond donors (Lipinski definition) is 4. The van der Waals surface area contributed by atoms with Crippen LogP contribution in [0.1, 0.15) is 43.7 Å². The van der Waals surface area contributed by atoms with Crippen LogP contribution in [0.25, 0.3) is 0 Å². The van der Waals surface area contributed by atoms with Crippen molar-refractivity contribution in [3.8, 4) is 6.07 Å². The van der Waals surface area contributed by atoms with Crippen molar-refractivity contribution < 1.29 is 41.4 Å². The zero-order chi connectivity index (χ0) is 27.9. The lowest BCUT2D eigenvalue weighted by Crippen LogP contribution is -2.45. The van der Waals surface area contributed by atoms with E-state index in [4.69, 9.17) is 10.4 Å². The summed E-state index contributed by atoms with van der Waals surface area (Å²) in [5.41, 5.74) is -4.18. The van der Waals surface area contributed by atoms with Crippen LogP contribution < -0.4 is 10.6 Å². The number of sulfone groups is 1. The first kappa shape index (κ1) is 29.6. The van der Waals surface area contributed by atoms with Crippen LogP contribution in [0, 0.1) is 11.3 Å². The molecular formula is C24H26F3N3O6S. The molecule has 13 heteroatoms. The number of amides is 1.